The van der Waals surface area contributed by atoms with Crippen molar-refractivity contribution in [2.24, 2.45) is 0 Å². The van der Waals surface area contributed by atoms with E-state index in [1.54, 1.807) is 14.2 Å². The van der Waals surface area contributed by atoms with Gasteiger partial charge in [0.2, 0.25) is 0 Å². The highest BCUT2D eigenvalue weighted by Gasteiger charge is 2.23. The molecule has 0 aliphatic carbocycles. The zero-order valence-electron chi connectivity index (χ0n) is 12.3. The topological polar surface area (TPSA) is 43.4 Å². The molecular formula is C16H22N2O2. The Labute approximate surface area is 120 Å². The summed E-state index contributed by atoms with van der Waals surface area (Å²) in [5.74, 6) is 0. The molecule has 0 spiro atoms. The van der Waals surface area contributed by atoms with Gasteiger partial charge in [0.05, 0.1) is 11.6 Å². The summed E-state index contributed by atoms with van der Waals surface area (Å²) in [6, 6.07) is 10.2. The number of aromatic nitrogens is 1. The van der Waals surface area contributed by atoms with Gasteiger partial charge >= 0.3 is 0 Å². The van der Waals surface area contributed by atoms with Crippen LogP contribution in [0.15, 0.2) is 36.5 Å². The Morgan fingerprint density at radius 2 is 1.95 bits per heavy atom. The number of hydrogen-bond donors (Lipinski definition) is 1. The molecule has 20 heavy (non-hydrogen) atoms. The van der Waals surface area contributed by atoms with Crippen LogP contribution in [0, 0.1) is 0 Å². The van der Waals surface area contributed by atoms with E-state index in [1.165, 1.54) is 0 Å². The molecule has 2 rings (SSSR count). The second-order valence-corrected chi connectivity index (χ2v) is 4.69. The van der Waals surface area contributed by atoms with Gasteiger partial charge in [-0.1, -0.05) is 25.1 Å². The van der Waals surface area contributed by atoms with E-state index in [-0.39, 0.29) is 12.3 Å². The Morgan fingerprint density at radius 3 is 2.65 bits per heavy atom. The molecule has 1 N–H and O–H groups in total. The molecule has 108 valence electrons. The predicted octanol–water partition coefficient (Wildman–Crippen LogP) is 2.89. The Hall–Kier alpha value is -1.49. The molecule has 1 aromatic heterocycles. The number of hydrogen-bond acceptors (Lipinski definition) is 4. The highest BCUT2D eigenvalue weighted by atomic mass is 16.7. The van der Waals surface area contributed by atoms with Crippen molar-refractivity contribution in [2.45, 2.75) is 25.7 Å². The largest absolute Gasteiger partial charge is 0.354 e. The van der Waals surface area contributed by atoms with Crippen LogP contribution in [0.1, 0.15) is 24.9 Å². The van der Waals surface area contributed by atoms with Gasteiger partial charge in [0.25, 0.3) is 0 Å². The maximum atomic E-state index is 5.46. The zero-order chi connectivity index (χ0) is 14.4. The first-order valence-corrected chi connectivity index (χ1v) is 6.94. The summed E-state index contributed by atoms with van der Waals surface area (Å²) in [4.78, 5) is 4.41. The molecule has 0 aliphatic rings. The van der Waals surface area contributed by atoms with E-state index in [2.05, 4.69) is 29.4 Å². The summed E-state index contributed by atoms with van der Waals surface area (Å²) in [5.41, 5.74) is 2.14. The number of nitrogens with zero attached hydrogens (tertiary/aromatic N) is 1. The number of fused-ring (bicyclic) bond motifs is 1. The summed E-state index contributed by atoms with van der Waals surface area (Å²) in [7, 11) is 3.33. The normalized spacial score (nSPS) is 13.0. The van der Waals surface area contributed by atoms with E-state index < -0.39 is 0 Å². The summed E-state index contributed by atoms with van der Waals surface area (Å²) >= 11 is 0. The van der Waals surface area contributed by atoms with Gasteiger partial charge in [-0.25, -0.2) is 0 Å². The summed E-state index contributed by atoms with van der Waals surface area (Å²) < 4.78 is 10.9. The fourth-order valence-electron chi connectivity index (χ4n) is 2.42. The van der Waals surface area contributed by atoms with E-state index >= 15 is 0 Å². The lowest BCUT2D eigenvalue weighted by molar-refractivity contribution is -0.123. The van der Waals surface area contributed by atoms with Gasteiger partial charge in [0.1, 0.15) is 0 Å². The molecule has 1 aromatic carbocycles. The molecule has 0 amide bonds. The van der Waals surface area contributed by atoms with Crippen molar-refractivity contribution in [1.82, 2.24) is 10.3 Å². The highest BCUT2D eigenvalue weighted by Crippen LogP contribution is 2.26. The number of ether oxygens (including phenoxy) is 2. The fourth-order valence-corrected chi connectivity index (χ4v) is 2.42. The fraction of sp³-hybridized carbons (Fsp3) is 0.438. The third-order valence-electron chi connectivity index (χ3n) is 3.37. The van der Waals surface area contributed by atoms with Crippen LogP contribution in [-0.2, 0) is 9.47 Å². The van der Waals surface area contributed by atoms with Crippen LogP contribution < -0.4 is 5.32 Å². The van der Waals surface area contributed by atoms with Crippen molar-refractivity contribution in [3.8, 4) is 0 Å². The van der Waals surface area contributed by atoms with Crippen LogP contribution >= 0.6 is 0 Å². The van der Waals surface area contributed by atoms with Gasteiger partial charge < -0.3 is 14.8 Å². The second-order valence-electron chi connectivity index (χ2n) is 4.69. The van der Waals surface area contributed by atoms with Crippen molar-refractivity contribution in [2.75, 3.05) is 20.8 Å². The molecule has 2 aromatic rings. The summed E-state index contributed by atoms with van der Waals surface area (Å²) in [6.07, 6.45) is 2.54. The summed E-state index contributed by atoms with van der Waals surface area (Å²) in [6.45, 7) is 3.05. The lowest BCUT2D eigenvalue weighted by Gasteiger charge is -2.27. The maximum absolute atomic E-state index is 5.46. The number of methoxy groups -OCH3 is 2. The Balaban J connectivity index is 2.44. The van der Waals surface area contributed by atoms with Crippen molar-refractivity contribution in [3.63, 3.8) is 0 Å². The van der Waals surface area contributed by atoms with E-state index in [4.69, 9.17) is 9.47 Å². The standard InChI is InChI=1S/C16H22N2O2/c1-4-10-18-15(16(19-2)20-3)13-7-5-9-14-12(13)8-6-11-17-14/h5-9,11,15-16,18H,4,10H2,1-3H3. The van der Waals surface area contributed by atoms with Crippen molar-refractivity contribution >= 4 is 10.9 Å². The van der Waals surface area contributed by atoms with Gasteiger partial charge in [-0.2, -0.15) is 0 Å². The SMILES string of the molecule is CCCNC(c1cccc2ncccc12)C(OC)OC. The molecule has 1 heterocycles. The molecule has 0 radical (unpaired) electrons. The van der Waals surface area contributed by atoms with Gasteiger partial charge in [-0.15, -0.1) is 0 Å². The van der Waals surface area contributed by atoms with Crippen LogP contribution in [0.2, 0.25) is 0 Å². The minimum atomic E-state index is -0.327. The monoisotopic (exact) mass is 274 g/mol. The molecule has 1 unspecified atom stereocenters. The van der Waals surface area contributed by atoms with E-state index in [0.717, 1.165) is 29.4 Å². The average Bonchev–Trinajstić information content (AvgIpc) is 2.51. The van der Waals surface area contributed by atoms with Crippen LogP contribution in [-0.4, -0.2) is 32.0 Å². The molecule has 0 saturated heterocycles. The van der Waals surface area contributed by atoms with Crippen molar-refractivity contribution in [1.29, 1.82) is 0 Å². The third kappa shape index (κ3) is 3.15. The Bertz CT molecular complexity index is 535. The number of rotatable bonds is 7. The Kier molecular flexibility index (Phi) is 5.47. The molecule has 0 saturated carbocycles. The molecule has 4 nitrogen and oxygen atoms in total. The number of pyridine rings is 1. The van der Waals surface area contributed by atoms with E-state index in [9.17, 15) is 0 Å². The van der Waals surface area contributed by atoms with Crippen LogP contribution in [0.5, 0.6) is 0 Å². The minimum Gasteiger partial charge on any atom is -0.354 e. The molecular weight excluding hydrogens is 252 g/mol. The Morgan fingerprint density at radius 1 is 1.15 bits per heavy atom. The van der Waals surface area contributed by atoms with Gasteiger partial charge in [-0.05, 0) is 30.7 Å². The first-order chi connectivity index (χ1) is 9.81. The van der Waals surface area contributed by atoms with Gasteiger partial charge in [-0.3, -0.25) is 4.98 Å². The van der Waals surface area contributed by atoms with Gasteiger partial charge in [0.15, 0.2) is 6.29 Å². The lowest BCUT2D eigenvalue weighted by Crippen LogP contribution is -2.35. The van der Waals surface area contributed by atoms with Crippen LogP contribution in [0.4, 0.5) is 0 Å². The maximum Gasteiger partial charge on any atom is 0.176 e. The lowest BCUT2D eigenvalue weighted by atomic mass is 10.0. The van der Waals surface area contributed by atoms with Crippen LogP contribution in [0.25, 0.3) is 10.9 Å². The summed E-state index contributed by atoms with van der Waals surface area (Å²) in [5, 5.41) is 4.63. The number of nitrogens with one attached hydrogen (secondary N) is 1. The van der Waals surface area contributed by atoms with Gasteiger partial charge in [0, 0.05) is 25.8 Å². The first-order valence-electron chi connectivity index (χ1n) is 6.94. The number of benzene rings is 1. The first kappa shape index (κ1) is 14.9. The quantitative estimate of drug-likeness (QED) is 0.788. The second kappa shape index (κ2) is 7.33. The third-order valence-corrected chi connectivity index (χ3v) is 3.37. The molecule has 1 atom stereocenters. The predicted molar refractivity (Wildman–Crippen MR) is 80.6 cm³/mol. The highest BCUT2D eigenvalue weighted by molar-refractivity contribution is 5.82. The van der Waals surface area contributed by atoms with E-state index in [1.807, 2.05) is 24.4 Å². The van der Waals surface area contributed by atoms with Crippen molar-refractivity contribution < 1.29 is 9.47 Å². The molecule has 0 fully saturated rings. The van der Waals surface area contributed by atoms with Crippen molar-refractivity contribution in [3.05, 3.63) is 42.1 Å². The minimum absolute atomic E-state index is 0.0159. The van der Waals surface area contributed by atoms with Crippen LogP contribution in [0.3, 0.4) is 0 Å². The zero-order valence-corrected chi connectivity index (χ0v) is 12.3. The molecule has 4 heteroatoms. The van der Waals surface area contributed by atoms with E-state index in [0.29, 0.717) is 0 Å². The smallest absolute Gasteiger partial charge is 0.176 e. The molecule has 0 aliphatic heterocycles. The molecule has 0 bridgehead atoms. The average molecular weight is 274 g/mol.